The van der Waals surface area contributed by atoms with Crippen LogP contribution >= 0.6 is 0 Å². The second-order valence-corrected chi connectivity index (χ2v) is 4.80. The van der Waals surface area contributed by atoms with Gasteiger partial charge in [-0.2, -0.15) is 0 Å². The van der Waals surface area contributed by atoms with E-state index in [0.717, 1.165) is 12.1 Å². The number of benzene rings is 2. The average Bonchev–Trinajstić information content (AvgIpc) is 2.48. The fourth-order valence-electron chi connectivity index (χ4n) is 2.15. The molecule has 0 amide bonds. The third-order valence-electron chi connectivity index (χ3n) is 3.13. The van der Waals surface area contributed by atoms with Crippen LogP contribution in [-0.2, 0) is 0 Å². The molecule has 3 rings (SSSR count). The van der Waals surface area contributed by atoms with E-state index in [4.69, 9.17) is 9.47 Å². The van der Waals surface area contributed by atoms with E-state index in [9.17, 15) is 18.0 Å². The van der Waals surface area contributed by atoms with Crippen LogP contribution in [0.2, 0.25) is 0 Å². The van der Waals surface area contributed by atoms with Crippen molar-refractivity contribution in [3.05, 3.63) is 48.0 Å². The van der Waals surface area contributed by atoms with Gasteiger partial charge in [-0.05, 0) is 36.4 Å². The summed E-state index contributed by atoms with van der Waals surface area (Å²) < 4.78 is 51.0. The summed E-state index contributed by atoms with van der Waals surface area (Å²) in [7, 11) is 0. The van der Waals surface area contributed by atoms with Crippen molar-refractivity contribution in [3.8, 4) is 23.0 Å². The molecule has 0 radical (unpaired) electrons. The van der Waals surface area contributed by atoms with Gasteiger partial charge in [0.1, 0.15) is 23.0 Å². The minimum atomic E-state index is -4.73. The Hall–Kier alpha value is -2.70. The summed E-state index contributed by atoms with van der Waals surface area (Å²) >= 11 is 0. The Morgan fingerprint density at radius 2 is 1.61 bits per heavy atom. The topological polar surface area (TPSA) is 44.8 Å². The molecule has 1 aliphatic heterocycles. The smallest absolute Gasteiger partial charge is 0.492 e. The molecule has 0 aromatic heterocycles. The zero-order valence-corrected chi connectivity index (χ0v) is 11.7. The fourth-order valence-corrected chi connectivity index (χ4v) is 2.15. The maximum atomic E-state index is 12.1. The quantitative estimate of drug-likeness (QED) is 0.842. The number of fused-ring (bicyclic) bond motifs is 1. The van der Waals surface area contributed by atoms with Crippen LogP contribution in [-0.4, -0.2) is 18.8 Å². The molecule has 120 valence electrons. The Labute approximate surface area is 129 Å². The number of carbonyl (C=O) groups is 1. The Balaban J connectivity index is 1.73. The highest BCUT2D eigenvalue weighted by atomic mass is 19.4. The summed E-state index contributed by atoms with van der Waals surface area (Å²) in [5, 5.41) is 0. The summed E-state index contributed by atoms with van der Waals surface area (Å²) in [4.78, 5) is 11.7. The van der Waals surface area contributed by atoms with E-state index in [-0.39, 0.29) is 11.5 Å². The van der Waals surface area contributed by atoms with Crippen LogP contribution < -0.4 is 14.2 Å². The largest absolute Gasteiger partial charge is 0.573 e. The van der Waals surface area contributed by atoms with E-state index in [1.165, 1.54) is 12.1 Å². The lowest BCUT2D eigenvalue weighted by Gasteiger charge is -2.17. The Morgan fingerprint density at radius 1 is 0.957 bits per heavy atom. The summed E-state index contributed by atoms with van der Waals surface area (Å²) in [5.41, 5.74) is 0.498. The van der Waals surface area contributed by atoms with Crippen LogP contribution in [0.15, 0.2) is 42.5 Å². The summed E-state index contributed by atoms with van der Waals surface area (Å²) in [6.45, 7) is 0.318. The van der Waals surface area contributed by atoms with Gasteiger partial charge in [0.15, 0.2) is 5.78 Å². The number of ether oxygens (including phenoxy) is 3. The van der Waals surface area contributed by atoms with E-state index < -0.39 is 6.36 Å². The van der Waals surface area contributed by atoms with Gasteiger partial charge in [0, 0.05) is 12.5 Å². The molecule has 23 heavy (non-hydrogen) atoms. The van der Waals surface area contributed by atoms with Gasteiger partial charge in [-0.3, -0.25) is 4.79 Å². The molecule has 1 heterocycles. The highest BCUT2D eigenvalue weighted by Gasteiger charge is 2.31. The second-order valence-electron chi connectivity index (χ2n) is 4.80. The van der Waals surface area contributed by atoms with Crippen LogP contribution in [0.3, 0.4) is 0 Å². The zero-order chi connectivity index (χ0) is 16.4. The highest BCUT2D eigenvalue weighted by Crippen LogP contribution is 2.32. The van der Waals surface area contributed by atoms with Gasteiger partial charge in [-0.15, -0.1) is 13.2 Å². The first-order valence-electron chi connectivity index (χ1n) is 6.74. The lowest BCUT2D eigenvalue weighted by atomic mass is 10.1. The Bertz CT molecular complexity index is 723. The number of halogens is 3. The number of rotatable bonds is 3. The number of hydrogen-bond acceptors (Lipinski definition) is 4. The SMILES string of the molecule is O=C1CCOc2cc(Oc3ccc(OC(F)(F)F)cc3)ccc21. The van der Waals surface area contributed by atoms with Crippen molar-refractivity contribution in [1.29, 1.82) is 0 Å². The Morgan fingerprint density at radius 3 is 2.30 bits per heavy atom. The minimum absolute atomic E-state index is 0.00597. The molecule has 0 saturated carbocycles. The number of alkyl halides is 3. The van der Waals surface area contributed by atoms with E-state index in [1.807, 2.05) is 0 Å². The van der Waals surface area contributed by atoms with Crippen molar-refractivity contribution >= 4 is 5.78 Å². The molecule has 4 nitrogen and oxygen atoms in total. The van der Waals surface area contributed by atoms with E-state index in [0.29, 0.717) is 35.8 Å². The van der Waals surface area contributed by atoms with Gasteiger partial charge in [0.25, 0.3) is 0 Å². The van der Waals surface area contributed by atoms with E-state index >= 15 is 0 Å². The first-order chi connectivity index (χ1) is 10.9. The molecule has 0 saturated heterocycles. The lowest BCUT2D eigenvalue weighted by Crippen LogP contribution is -2.16. The molecule has 0 aliphatic carbocycles. The molecular formula is C16H11F3O4. The van der Waals surface area contributed by atoms with Crippen molar-refractivity contribution in [3.63, 3.8) is 0 Å². The van der Waals surface area contributed by atoms with E-state index in [2.05, 4.69) is 4.74 Å². The molecule has 2 aromatic carbocycles. The number of carbonyl (C=O) groups excluding carboxylic acids is 1. The number of Topliss-reactive ketones (excluding diaryl/α,β-unsaturated/α-hetero) is 1. The molecule has 0 spiro atoms. The summed E-state index contributed by atoms with van der Waals surface area (Å²) in [6.07, 6.45) is -4.39. The first-order valence-corrected chi connectivity index (χ1v) is 6.74. The molecule has 0 fully saturated rings. The molecule has 7 heteroatoms. The van der Waals surface area contributed by atoms with Crippen molar-refractivity contribution in [2.24, 2.45) is 0 Å². The number of hydrogen-bond donors (Lipinski definition) is 0. The van der Waals surface area contributed by atoms with Crippen LogP contribution in [0, 0.1) is 0 Å². The number of ketones is 1. The van der Waals surface area contributed by atoms with Crippen molar-refractivity contribution in [2.75, 3.05) is 6.61 Å². The predicted octanol–water partition coefficient (Wildman–Crippen LogP) is 4.34. The van der Waals surface area contributed by atoms with Gasteiger partial charge >= 0.3 is 6.36 Å². The predicted molar refractivity (Wildman–Crippen MR) is 74.1 cm³/mol. The summed E-state index contributed by atoms with van der Waals surface area (Å²) in [6, 6.07) is 9.80. The molecule has 1 aliphatic rings. The normalized spacial score (nSPS) is 14.0. The van der Waals surface area contributed by atoms with Crippen LogP contribution in [0.5, 0.6) is 23.0 Å². The van der Waals surface area contributed by atoms with Crippen molar-refractivity contribution < 1.29 is 32.2 Å². The molecule has 2 aromatic rings. The minimum Gasteiger partial charge on any atom is -0.492 e. The molecule has 0 N–H and O–H groups in total. The van der Waals surface area contributed by atoms with Gasteiger partial charge in [0.2, 0.25) is 0 Å². The standard InChI is InChI=1S/C16H11F3O4/c17-16(18,19)23-11-3-1-10(2-4-11)22-12-5-6-13-14(20)7-8-21-15(13)9-12/h1-6,9H,7-8H2. The van der Waals surface area contributed by atoms with E-state index in [1.54, 1.807) is 18.2 Å². The Kier molecular flexibility index (Phi) is 3.85. The molecule has 0 bridgehead atoms. The molecule has 0 atom stereocenters. The van der Waals surface area contributed by atoms with Crippen LogP contribution in [0.1, 0.15) is 16.8 Å². The zero-order valence-electron chi connectivity index (χ0n) is 11.7. The van der Waals surface area contributed by atoms with Gasteiger partial charge < -0.3 is 14.2 Å². The maximum Gasteiger partial charge on any atom is 0.573 e. The first kappa shape index (κ1) is 15.2. The molecule has 0 unspecified atom stereocenters. The third kappa shape index (κ3) is 3.74. The lowest BCUT2D eigenvalue weighted by molar-refractivity contribution is -0.274. The van der Waals surface area contributed by atoms with Crippen LogP contribution in [0.4, 0.5) is 13.2 Å². The average molecular weight is 324 g/mol. The second kappa shape index (κ2) is 5.83. The monoisotopic (exact) mass is 324 g/mol. The fraction of sp³-hybridized carbons (Fsp3) is 0.188. The van der Waals surface area contributed by atoms with Gasteiger partial charge in [-0.1, -0.05) is 0 Å². The third-order valence-corrected chi connectivity index (χ3v) is 3.13. The molecular weight excluding hydrogens is 313 g/mol. The highest BCUT2D eigenvalue weighted by molar-refractivity contribution is 5.99. The summed E-state index contributed by atoms with van der Waals surface area (Å²) in [5.74, 6) is 0.871. The maximum absolute atomic E-state index is 12.1. The van der Waals surface area contributed by atoms with Gasteiger partial charge in [-0.25, -0.2) is 0 Å². The van der Waals surface area contributed by atoms with Crippen molar-refractivity contribution in [2.45, 2.75) is 12.8 Å². The van der Waals surface area contributed by atoms with Crippen molar-refractivity contribution in [1.82, 2.24) is 0 Å². The van der Waals surface area contributed by atoms with Crippen LogP contribution in [0.25, 0.3) is 0 Å². The van der Waals surface area contributed by atoms with Gasteiger partial charge in [0.05, 0.1) is 12.2 Å².